The molecule has 2 heteroatoms. The molecule has 0 aliphatic carbocycles. The van der Waals surface area contributed by atoms with Crippen LogP contribution in [-0.2, 0) is 4.74 Å². The summed E-state index contributed by atoms with van der Waals surface area (Å²) in [7, 11) is 1.68. The Morgan fingerprint density at radius 3 is 2.06 bits per heavy atom. The molecule has 0 atom stereocenters. The minimum Gasteiger partial charge on any atom is -0.497 e. The fourth-order valence-electron chi connectivity index (χ4n) is 1.35. The number of allylic oxidation sites excluding steroid dienone is 6. The number of methoxy groups -OCH3 is 1. The van der Waals surface area contributed by atoms with Crippen molar-refractivity contribution >= 4 is 6.21 Å². The summed E-state index contributed by atoms with van der Waals surface area (Å²) in [6.45, 7) is 10.0. The van der Waals surface area contributed by atoms with Gasteiger partial charge in [-0.25, -0.2) is 0 Å². The van der Waals surface area contributed by atoms with E-state index in [4.69, 9.17) is 4.74 Å². The molecule has 0 aliphatic heterocycles. The highest BCUT2D eigenvalue weighted by Gasteiger charge is 2.03. The van der Waals surface area contributed by atoms with E-state index >= 15 is 0 Å². The highest BCUT2D eigenvalue weighted by molar-refractivity contribution is 5.55. The lowest BCUT2D eigenvalue weighted by Gasteiger charge is -2.09. The van der Waals surface area contributed by atoms with Crippen molar-refractivity contribution < 1.29 is 4.74 Å². The van der Waals surface area contributed by atoms with Crippen molar-refractivity contribution in [3.05, 3.63) is 46.9 Å². The molecule has 0 spiro atoms. The van der Waals surface area contributed by atoms with E-state index in [1.165, 1.54) is 5.57 Å². The smallest absolute Gasteiger partial charge is 0.115 e. The third-order valence-electron chi connectivity index (χ3n) is 2.51. The van der Waals surface area contributed by atoms with Crippen molar-refractivity contribution in [1.82, 2.24) is 0 Å². The molecule has 0 aromatic rings. The molecule has 0 aromatic carbocycles. The first-order chi connectivity index (χ1) is 8.10. The van der Waals surface area contributed by atoms with Crippen LogP contribution in [0.25, 0.3) is 0 Å². The van der Waals surface area contributed by atoms with Crippen LogP contribution in [0.5, 0.6) is 0 Å². The van der Waals surface area contributed by atoms with Gasteiger partial charge in [-0.05, 0) is 63.5 Å². The van der Waals surface area contributed by atoms with Crippen LogP contribution in [0, 0.1) is 0 Å². The Labute approximate surface area is 105 Å². The predicted octanol–water partition coefficient (Wildman–Crippen LogP) is 4.42. The Bertz CT molecular complexity index is 382. The number of hydrogen-bond acceptors (Lipinski definition) is 2. The van der Waals surface area contributed by atoms with Gasteiger partial charge in [-0.2, -0.15) is 0 Å². The molecule has 94 valence electrons. The summed E-state index contributed by atoms with van der Waals surface area (Å²) in [6.07, 6.45) is 9.70. The first kappa shape index (κ1) is 15.4. The Hall–Kier alpha value is -1.57. The van der Waals surface area contributed by atoms with E-state index in [0.717, 1.165) is 16.9 Å². The molecule has 0 amide bonds. The topological polar surface area (TPSA) is 21.6 Å². The summed E-state index contributed by atoms with van der Waals surface area (Å²) < 4.78 is 5.27. The minimum absolute atomic E-state index is 0.856. The monoisotopic (exact) mass is 233 g/mol. The van der Waals surface area contributed by atoms with Gasteiger partial charge in [0.05, 0.1) is 7.11 Å². The summed E-state index contributed by atoms with van der Waals surface area (Å²) in [5.41, 5.74) is 3.48. The zero-order valence-corrected chi connectivity index (χ0v) is 11.7. The third kappa shape index (κ3) is 5.34. The number of rotatable bonds is 5. The van der Waals surface area contributed by atoms with Crippen molar-refractivity contribution in [3.63, 3.8) is 0 Å². The van der Waals surface area contributed by atoms with Crippen molar-refractivity contribution in [1.29, 1.82) is 0 Å². The van der Waals surface area contributed by atoms with Gasteiger partial charge in [0.25, 0.3) is 0 Å². The largest absolute Gasteiger partial charge is 0.497 e. The first-order valence-electron chi connectivity index (χ1n) is 5.80. The maximum Gasteiger partial charge on any atom is 0.115 e. The molecule has 0 unspecified atom stereocenters. The van der Waals surface area contributed by atoms with E-state index in [9.17, 15) is 0 Å². The highest BCUT2D eigenvalue weighted by Crippen LogP contribution is 2.21. The lowest BCUT2D eigenvalue weighted by Crippen LogP contribution is -1.92. The molecule has 0 bridgehead atoms. The maximum atomic E-state index is 5.27. The van der Waals surface area contributed by atoms with Crippen LogP contribution in [0.2, 0.25) is 0 Å². The summed E-state index contributed by atoms with van der Waals surface area (Å²) in [4.78, 5) is 4.15. The second-order valence-corrected chi connectivity index (χ2v) is 3.64. The lowest BCUT2D eigenvalue weighted by atomic mass is 10.00. The predicted molar refractivity (Wildman–Crippen MR) is 76.2 cm³/mol. The van der Waals surface area contributed by atoms with Crippen LogP contribution in [0.3, 0.4) is 0 Å². The first-order valence-corrected chi connectivity index (χ1v) is 5.80. The summed E-state index contributed by atoms with van der Waals surface area (Å²) in [5, 5.41) is 0. The standard InChI is InChI=1S/C15H23NO/c1-7-12(4)15(10-14(8-2)17-6)13(5)11-16-9-3/h7-11H,1-6H3/b12-7+,13-11+,14-8+,15-10-,16-9-. The summed E-state index contributed by atoms with van der Waals surface area (Å²) >= 11 is 0. The maximum absolute atomic E-state index is 5.27. The van der Waals surface area contributed by atoms with Crippen LogP contribution < -0.4 is 0 Å². The molecular weight excluding hydrogens is 210 g/mol. The molecular formula is C15H23NO. The number of nitrogens with zero attached hydrogens (tertiary/aromatic N) is 1. The normalized spacial score (nSPS) is 15.6. The Balaban J connectivity index is 5.44. The average Bonchev–Trinajstić information content (AvgIpc) is 2.36. The fourth-order valence-corrected chi connectivity index (χ4v) is 1.35. The van der Waals surface area contributed by atoms with E-state index in [0.29, 0.717) is 0 Å². The Kier molecular flexibility index (Phi) is 7.78. The number of ether oxygens (including phenoxy) is 1. The molecule has 0 heterocycles. The highest BCUT2D eigenvalue weighted by atomic mass is 16.5. The Morgan fingerprint density at radius 1 is 1.00 bits per heavy atom. The van der Waals surface area contributed by atoms with Crippen molar-refractivity contribution in [2.75, 3.05) is 7.11 Å². The van der Waals surface area contributed by atoms with E-state index in [2.05, 4.69) is 24.9 Å². The van der Waals surface area contributed by atoms with Gasteiger partial charge in [0.1, 0.15) is 5.76 Å². The summed E-state index contributed by atoms with van der Waals surface area (Å²) in [5.74, 6) is 0.856. The summed E-state index contributed by atoms with van der Waals surface area (Å²) in [6, 6.07) is 0. The Morgan fingerprint density at radius 2 is 1.65 bits per heavy atom. The van der Waals surface area contributed by atoms with Gasteiger partial charge in [0.15, 0.2) is 0 Å². The molecule has 0 saturated carbocycles. The zero-order chi connectivity index (χ0) is 13.3. The molecule has 0 aliphatic rings. The molecule has 17 heavy (non-hydrogen) atoms. The van der Waals surface area contributed by atoms with Crippen LogP contribution in [0.15, 0.2) is 51.9 Å². The molecule has 0 aromatic heterocycles. The van der Waals surface area contributed by atoms with E-state index in [1.54, 1.807) is 13.3 Å². The van der Waals surface area contributed by atoms with Gasteiger partial charge in [-0.15, -0.1) is 0 Å². The number of hydrogen-bond donors (Lipinski definition) is 0. The third-order valence-corrected chi connectivity index (χ3v) is 2.51. The molecule has 2 nitrogen and oxygen atoms in total. The molecule has 0 N–H and O–H groups in total. The molecule has 0 saturated heterocycles. The van der Waals surface area contributed by atoms with Crippen molar-refractivity contribution in [3.8, 4) is 0 Å². The van der Waals surface area contributed by atoms with Crippen molar-refractivity contribution in [2.24, 2.45) is 4.99 Å². The van der Waals surface area contributed by atoms with Crippen molar-refractivity contribution in [2.45, 2.75) is 34.6 Å². The van der Waals surface area contributed by atoms with E-state index in [-0.39, 0.29) is 0 Å². The van der Waals surface area contributed by atoms with Crippen LogP contribution >= 0.6 is 0 Å². The van der Waals surface area contributed by atoms with Gasteiger partial charge in [-0.1, -0.05) is 6.08 Å². The van der Waals surface area contributed by atoms with Crippen LogP contribution in [0.1, 0.15) is 34.6 Å². The van der Waals surface area contributed by atoms with Gasteiger partial charge in [0.2, 0.25) is 0 Å². The van der Waals surface area contributed by atoms with Crippen LogP contribution in [0.4, 0.5) is 0 Å². The van der Waals surface area contributed by atoms with E-state index in [1.807, 2.05) is 39.1 Å². The minimum atomic E-state index is 0.856. The second-order valence-electron chi connectivity index (χ2n) is 3.64. The van der Waals surface area contributed by atoms with E-state index < -0.39 is 0 Å². The van der Waals surface area contributed by atoms with Gasteiger partial charge >= 0.3 is 0 Å². The SMILES string of the molecule is C\C=N/C=C(C)/C(=C\C(=C/C)OC)C(/C)=C/C. The zero-order valence-electron chi connectivity index (χ0n) is 11.7. The fraction of sp³-hybridized carbons (Fsp3) is 0.400. The number of aliphatic imine (C=N–C) groups is 1. The molecule has 0 radical (unpaired) electrons. The van der Waals surface area contributed by atoms with Gasteiger partial charge in [-0.3, -0.25) is 4.99 Å². The molecule has 0 rings (SSSR count). The van der Waals surface area contributed by atoms with Gasteiger partial charge < -0.3 is 4.74 Å². The average molecular weight is 233 g/mol. The van der Waals surface area contributed by atoms with Gasteiger partial charge in [0, 0.05) is 12.4 Å². The van der Waals surface area contributed by atoms with Crippen LogP contribution in [-0.4, -0.2) is 13.3 Å². The lowest BCUT2D eigenvalue weighted by molar-refractivity contribution is 0.306. The second kappa shape index (κ2) is 8.57. The quantitative estimate of drug-likeness (QED) is 0.391. The molecule has 0 fully saturated rings.